The van der Waals surface area contributed by atoms with E-state index in [2.05, 4.69) is 540 Å². The molecule has 4 heterocycles. The van der Waals surface area contributed by atoms with Gasteiger partial charge in [-0.1, -0.05) is 491 Å². The van der Waals surface area contributed by atoms with Gasteiger partial charge in [-0.3, -0.25) is 0 Å². The van der Waals surface area contributed by atoms with E-state index in [4.69, 9.17) is 0 Å². The van der Waals surface area contributed by atoms with Crippen molar-refractivity contribution in [2.45, 2.75) is 155 Å². The summed E-state index contributed by atoms with van der Waals surface area (Å²) in [6, 6.07) is 164. The molecule has 3 spiro atoms. The molecular weight excluding hydrogens is 1860 g/mol. The Labute approximate surface area is 888 Å². The van der Waals surface area contributed by atoms with E-state index in [0.717, 1.165) is 0 Å². The van der Waals surface area contributed by atoms with Gasteiger partial charge in [-0.2, -0.15) is 0 Å². The zero-order chi connectivity index (χ0) is 101. The van der Waals surface area contributed by atoms with Crippen molar-refractivity contribution >= 4 is 126 Å². The predicted octanol–water partition coefficient (Wildman–Crippen LogP) is 42.2. The fourth-order valence-corrected chi connectivity index (χ4v) is 30.1. The molecule has 0 N–H and O–H groups in total. The van der Waals surface area contributed by atoms with E-state index < -0.39 is 0 Å². The van der Waals surface area contributed by atoms with E-state index in [1.54, 1.807) is 0 Å². The van der Waals surface area contributed by atoms with Crippen LogP contribution >= 0.6 is 45.3 Å². The molecule has 0 unspecified atom stereocenters. The van der Waals surface area contributed by atoms with E-state index in [1.165, 1.54) is 253 Å². The molecule has 0 atom stereocenters. The maximum atomic E-state index is 2.47. The van der Waals surface area contributed by atoms with Crippen LogP contribution in [0.25, 0.3) is 147 Å². The van der Waals surface area contributed by atoms with E-state index in [0.29, 0.717) is 41.4 Å². The number of hydrogen-bond donors (Lipinski definition) is 0. The summed E-state index contributed by atoms with van der Waals surface area (Å²) in [7, 11) is 0. The third-order valence-corrected chi connectivity index (χ3v) is 37.0. The first-order valence-electron chi connectivity index (χ1n) is 53.2. The van der Waals surface area contributed by atoms with Crippen molar-refractivity contribution < 1.29 is 0 Å². The third-order valence-electron chi connectivity index (χ3n) is 32.3. The second-order valence-corrected chi connectivity index (χ2v) is 47.3. The Morgan fingerprint density at radius 1 is 0.149 bits per heavy atom. The average molecular weight is 1980 g/mol. The second-order valence-electron chi connectivity index (χ2n) is 43.0. The lowest BCUT2D eigenvalue weighted by Gasteiger charge is -2.32. The lowest BCUT2D eigenvalue weighted by atomic mass is 9.68. The number of thiophene rings is 4. The van der Waals surface area contributed by atoms with Crippen molar-refractivity contribution in [3.63, 3.8) is 0 Å². The van der Waals surface area contributed by atoms with Crippen LogP contribution in [0.2, 0.25) is 0 Å². The zero-order valence-electron chi connectivity index (χ0n) is 86.8. The molecule has 30 rings (SSSR count). The third kappa shape index (κ3) is 15.6. The summed E-state index contributed by atoms with van der Waals surface area (Å²) in [5.74, 6) is 3.90. The minimum Gasteiger partial charge on any atom is -0.135 e. The van der Waals surface area contributed by atoms with Crippen molar-refractivity contribution in [1.29, 1.82) is 0 Å². The first-order valence-corrected chi connectivity index (χ1v) is 56.4. The van der Waals surface area contributed by atoms with Crippen molar-refractivity contribution in [2.24, 2.45) is 0 Å². The molecule has 0 aliphatic heterocycles. The van der Waals surface area contributed by atoms with Crippen LogP contribution in [0.1, 0.15) is 244 Å². The maximum Gasteiger partial charge on any atom is 0.0728 e. The van der Waals surface area contributed by atoms with E-state index in [1.807, 2.05) is 45.3 Å². The Morgan fingerprint density at radius 2 is 0.426 bits per heavy atom. The molecule has 0 saturated heterocycles. The Kier molecular flexibility index (Phi) is 25.1. The van der Waals surface area contributed by atoms with Crippen molar-refractivity contribution in [2.75, 3.05) is 0 Å². The standard InChI is InChI=1S/3C28H22.4C15H14S/c1-18(2)19-13-9-14-23-22-12-5-8-17-26(22)28(27(19)23)24-15-6-3-10-20(24)21-11-4-7-16-25(21)28;1-18(2)19-15-16-27-23(17-19)22-11-5-8-14-26(22)28(27)24-12-6-3-9-20(24)21-10-4-7-13-25(21)28;1-18(2)19-15-16-23-22-11-5-8-14-26(22)28(27(23)17-19)24-12-6-3-9-20(24)21-10-4-7-13-25(21)28;1-10(2)11-7-5-8-13-12-6-3-4-9-14(12)16-15(11)13;1-10(2)11-7-5-9-14-15(11)12-6-3-4-8-13(12)16-14;1-10(2)11-7-8-15-13(9-11)12-5-3-4-6-14(12)16-15;1-10(2)11-7-8-13-12-5-3-4-6-14(12)16-15(13)9-11/h3*3-18H,1-2H3;4*3-10H,1-2H3. The average Bonchev–Trinajstić information content (AvgIpc) is 1.51. The van der Waals surface area contributed by atoms with Crippen molar-refractivity contribution in [3.8, 4) is 66.8 Å². The first-order chi connectivity index (χ1) is 72.2. The highest BCUT2D eigenvalue weighted by atomic mass is 32.1. The van der Waals surface area contributed by atoms with Gasteiger partial charge in [-0.15, -0.1) is 45.3 Å². The van der Waals surface area contributed by atoms with Crippen LogP contribution < -0.4 is 0 Å². The molecule has 0 fully saturated rings. The summed E-state index contributed by atoms with van der Waals surface area (Å²) >= 11 is 7.59. The lowest BCUT2D eigenvalue weighted by Crippen LogP contribution is -2.27. The molecule has 24 aromatic rings. The molecule has 0 nitrogen and oxygen atoms in total. The Balaban J connectivity index is 0.0000000937. The molecule has 4 aromatic heterocycles. The quantitative estimate of drug-likeness (QED) is 0.149. The molecule has 4 heteroatoms. The van der Waals surface area contributed by atoms with Crippen LogP contribution in [0.15, 0.2) is 443 Å². The van der Waals surface area contributed by atoms with Gasteiger partial charge >= 0.3 is 0 Å². The van der Waals surface area contributed by atoms with Gasteiger partial charge in [-0.25, -0.2) is 0 Å². The number of rotatable bonds is 7. The lowest BCUT2D eigenvalue weighted by molar-refractivity contribution is 0.750. The van der Waals surface area contributed by atoms with Gasteiger partial charge in [0.2, 0.25) is 0 Å². The first kappa shape index (κ1) is 95.5. The summed E-state index contributed by atoms with van der Waals surface area (Å²) in [4.78, 5) is 0. The molecule has 722 valence electrons. The molecule has 6 aliphatic rings. The van der Waals surface area contributed by atoms with Crippen LogP contribution in [0, 0.1) is 0 Å². The largest absolute Gasteiger partial charge is 0.135 e. The van der Waals surface area contributed by atoms with Gasteiger partial charge in [0.15, 0.2) is 0 Å². The highest BCUT2D eigenvalue weighted by Crippen LogP contribution is 2.68. The Morgan fingerprint density at radius 3 is 0.899 bits per heavy atom. The molecule has 6 aliphatic carbocycles. The van der Waals surface area contributed by atoms with Gasteiger partial charge in [0.25, 0.3) is 0 Å². The normalized spacial score (nSPS) is 13.4. The summed E-state index contributed by atoms with van der Waals surface area (Å²) in [5.41, 5.74) is 43.1. The monoisotopic (exact) mass is 1980 g/mol. The topological polar surface area (TPSA) is 0 Å². The summed E-state index contributed by atoms with van der Waals surface area (Å²) in [5, 5.41) is 11.3. The molecular formula is C144H122S4. The smallest absolute Gasteiger partial charge is 0.0728 e. The molecule has 0 radical (unpaired) electrons. The number of benzene rings is 20. The summed E-state index contributed by atoms with van der Waals surface area (Å²) in [6.45, 7) is 31.8. The van der Waals surface area contributed by atoms with Crippen LogP contribution in [0.3, 0.4) is 0 Å². The van der Waals surface area contributed by atoms with Crippen LogP contribution in [0.5, 0.6) is 0 Å². The van der Waals surface area contributed by atoms with Gasteiger partial charge in [0.05, 0.1) is 16.2 Å². The van der Waals surface area contributed by atoms with Crippen LogP contribution in [0.4, 0.5) is 0 Å². The van der Waals surface area contributed by atoms with E-state index in [9.17, 15) is 0 Å². The summed E-state index contributed by atoms with van der Waals surface area (Å²) in [6.07, 6.45) is 0. The van der Waals surface area contributed by atoms with E-state index >= 15 is 0 Å². The fraction of sp³-hybridized carbons (Fsp3) is 0.167. The second kappa shape index (κ2) is 38.8. The van der Waals surface area contributed by atoms with Crippen molar-refractivity contribution in [1.82, 2.24) is 0 Å². The Bertz CT molecular complexity index is 9050. The zero-order valence-corrected chi connectivity index (χ0v) is 90.1. The highest BCUT2D eigenvalue weighted by Gasteiger charge is 2.55. The minimum absolute atomic E-state index is 0.200. The van der Waals surface area contributed by atoms with Crippen LogP contribution in [-0.4, -0.2) is 0 Å². The van der Waals surface area contributed by atoms with Gasteiger partial charge in [-0.05, 0) is 262 Å². The molecule has 148 heavy (non-hydrogen) atoms. The molecule has 20 aromatic carbocycles. The van der Waals surface area contributed by atoms with Gasteiger partial charge < -0.3 is 0 Å². The fourth-order valence-electron chi connectivity index (χ4n) is 25.3. The van der Waals surface area contributed by atoms with E-state index in [-0.39, 0.29) is 16.2 Å². The minimum atomic E-state index is -0.208. The maximum absolute atomic E-state index is 2.47. The molecule has 0 saturated carbocycles. The van der Waals surface area contributed by atoms with Gasteiger partial charge in [0.1, 0.15) is 0 Å². The SMILES string of the molecule is CC(C)c1ccc2c(c1)-c1ccccc1C21c2ccccc2-c2ccccc21.CC(C)c1ccc2c(c1)C1(c3ccccc3-c3ccccc31)c1ccccc1-2.CC(C)c1ccc2c(c1)sc1ccccc12.CC(C)c1ccc2sc3ccccc3c2c1.CC(C)c1cccc2c1C1(c3ccccc3-c3ccccc31)c1ccccc1-2.CC(C)c1cccc2c1sc1ccccc12.CC(C)c1cccc2sc3ccccc3c12. The predicted molar refractivity (Wildman–Crippen MR) is 644 cm³/mol. The molecule has 0 bridgehead atoms. The highest BCUT2D eigenvalue weighted by molar-refractivity contribution is 7.27. The number of fused-ring (bicyclic) bond motifs is 42. The summed E-state index contributed by atoms with van der Waals surface area (Å²) < 4.78 is 11.2. The molecule has 0 amide bonds. The van der Waals surface area contributed by atoms with Crippen LogP contribution in [-0.2, 0) is 16.2 Å². The number of hydrogen-bond acceptors (Lipinski definition) is 4. The van der Waals surface area contributed by atoms with Gasteiger partial charge in [0, 0.05) is 80.7 Å². The van der Waals surface area contributed by atoms with Crippen molar-refractivity contribution in [3.05, 3.63) is 549 Å². The Hall–Kier alpha value is -14.7.